The molecule has 0 radical (unpaired) electrons. The third kappa shape index (κ3) is 3.65. The Balaban J connectivity index is 1.44. The fourth-order valence-electron chi connectivity index (χ4n) is 4.10. The van der Waals surface area contributed by atoms with E-state index in [1.807, 2.05) is 95.5 Å². The third-order valence-corrected chi connectivity index (χ3v) is 7.32. The second-order valence-electron chi connectivity index (χ2n) is 8.01. The van der Waals surface area contributed by atoms with E-state index in [2.05, 4.69) is 26.0 Å². The zero-order valence-electron chi connectivity index (χ0n) is 18.1. The number of rotatable bonds is 2. The lowest BCUT2D eigenvalue weighted by molar-refractivity contribution is 0.101. The molecule has 0 bridgehead atoms. The first-order valence-corrected chi connectivity index (χ1v) is 12.3. The van der Waals surface area contributed by atoms with E-state index in [0.29, 0.717) is 17.3 Å². The standard InChI is InChI=1S/C26H18BrN5OS/c1-16-21-13-22(34-26(21)32(30-16)19-8-3-2-4-9-19)25(33)29-24-20-10-6-5-7-17(20)14-31-15-18(27)11-12-23(31)28-24/h2-13,15H,14H2,1H3. The molecule has 4 heterocycles. The Morgan fingerprint density at radius 1 is 1.09 bits per heavy atom. The Kier molecular flexibility index (Phi) is 5.12. The Morgan fingerprint density at radius 2 is 1.88 bits per heavy atom. The summed E-state index contributed by atoms with van der Waals surface area (Å²) in [5, 5.41) is 5.62. The van der Waals surface area contributed by atoms with Gasteiger partial charge in [-0.2, -0.15) is 10.1 Å². The number of thiophene rings is 1. The zero-order valence-corrected chi connectivity index (χ0v) is 20.5. The predicted octanol–water partition coefficient (Wildman–Crippen LogP) is 6.00. The van der Waals surface area contributed by atoms with E-state index >= 15 is 0 Å². The second-order valence-corrected chi connectivity index (χ2v) is 9.95. The van der Waals surface area contributed by atoms with Gasteiger partial charge in [-0.3, -0.25) is 4.79 Å². The summed E-state index contributed by atoms with van der Waals surface area (Å²) >= 11 is 4.93. The average molecular weight is 528 g/mol. The molecule has 1 amide bonds. The average Bonchev–Trinajstić information content (AvgIpc) is 3.37. The molecule has 4 aromatic rings. The van der Waals surface area contributed by atoms with Crippen LogP contribution in [0.1, 0.15) is 26.5 Å². The molecule has 2 aromatic heterocycles. The van der Waals surface area contributed by atoms with Crippen LogP contribution in [0.2, 0.25) is 0 Å². The highest BCUT2D eigenvalue weighted by Crippen LogP contribution is 2.31. The van der Waals surface area contributed by atoms with E-state index in [1.54, 1.807) is 0 Å². The van der Waals surface area contributed by atoms with Gasteiger partial charge in [-0.1, -0.05) is 42.5 Å². The van der Waals surface area contributed by atoms with Crippen LogP contribution in [0, 0.1) is 6.92 Å². The molecule has 0 saturated heterocycles. The molecule has 0 atom stereocenters. The van der Waals surface area contributed by atoms with Crippen molar-refractivity contribution in [1.29, 1.82) is 0 Å². The molecule has 6 nitrogen and oxygen atoms in total. The first-order valence-electron chi connectivity index (χ1n) is 10.7. The van der Waals surface area contributed by atoms with Crippen LogP contribution < -0.4 is 0 Å². The number of aliphatic imine (C=N–C) groups is 2. The van der Waals surface area contributed by atoms with Gasteiger partial charge in [0.15, 0.2) is 5.84 Å². The van der Waals surface area contributed by atoms with E-state index in [0.717, 1.165) is 43.0 Å². The molecular formula is C26H18BrN5OS. The summed E-state index contributed by atoms with van der Waals surface area (Å²) in [5.41, 5.74) is 3.76. The highest BCUT2D eigenvalue weighted by molar-refractivity contribution is 9.11. The Morgan fingerprint density at radius 3 is 2.74 bits per heavy atom. The predicted molar refractivity (Wildman–Crippen MR) is 140 cm³/mol. The molecule has 8 heteroatoms. The number of allylic oxidation sites excluding steroid dienone is 2. The number of hydrogen-bond acceptors (Lipinski definition) is 4. The minimum atomic E-state index is -0.306. The van der Waals surface area contributed by atoms with Crippen LogP contribution in [-0.2, 0) is 6.54 Å². The van der Waals surface area contributed by atoms with Gasteiger partial charge < -0.3 is 4.90 Å². The number of aromatic nitrogens is 2. The number of halogens is 1. The third-order valence-electron chi connectivity index (χ3n) is 5.75. The Labute approximate surface area is 208 Å². The van der Waals surface area contributed by atoms with Crippen LogP contribution >= 0.6 is 27.3 Å². The van der Waals surface area contributed by atoms with Crippen LogP contribution in [0.3, 0.4) is 0 Å². The van der Waals surface area contributed by atoms with Crippen molar-refractivity contribution >= 4 is 55.1 Å². The zero-order chi connectivity index (χ0) is 23.2. The minimum Gasteiger partial charge on any atom is -0.327 e. The number of amidine groups is 2. The van der Waals surface area contributed by atoms with Crippen molar-refractivity contribution in [1.82, 2.24) is 14.7 Å². The van der Waals surface area contributed by atoms with Gasteiger partial charge in [-0.15, -0.1) is 11.3 Å². The van der Waals surface area contributed by atoms with E-state index in [-0.39, 0.29) is 5.91 Å². The molecule has 2 aliphatic rings. The summed E-state index contributed by atoms with van der Waals surface area (Å²) in [4.78, 5) is 26.2. The SMILES string of the molecule is Cc1nn(-c2ccccc2)c2sc(C(=O)N=C3N=C4C=CC(Br)=CN4Cc4ccccc43)cc12. The molecule has 6 rings (SSSR count). The molecule has 2 aliphatic heterocycles. The van der Waals surface area contributed by atoms with Crippen molar-refractivity contribution in [2.24, 2.45) is 9.98 Å². The van der Waals surface area contributed by atoms with Gasteiger partial charge in [0.2, 0.25) is 0 Å². The largest absolute Gasteiger partial charge is 0.327 e. The fourth-order valence-corrected chi connectivity index (χ4v) is 5.54. The first kappa shape index (κ1) is 20.9. The highest BCUT2D eigenvalue weighted by Gasteiger charge is 2.23. The Bertz CT molecular complexity index is 1580. The van der Waals surface area contributed by atoms with Crippen molar-refractivity contribution in [3.63, 3.8) is 0 Å². The van der Waals surface area contributed by atoms with Crippen molar-refractivity contribution in [2.75, 3.05) is 0 Å². The van der Waals surface area contributed by atoms with Gasteiger partial charge >= 0.3 is 0 Å². The summed E-state index contributed by atoms with van der Waals surface area (Å²) in [6.07, 6.45) is 5.85. The molecule has 2 aromatic carbocycles. The summed E-state index contributed by atoms with van der Waals surface area (Å²) in [5.74, 6) is 0.866. The number of para-hydroxylation sites is 1. The topological polar surface area (TPSA) is 62.9 Å². The van der Waals surface area contributed by atoms with Crippen LogP contribution in [0.5, 0.6) is 0 Å². The number of aryl methyl sites for hydroxylation is 1. The van der Waals surface area contributed by atoms with Gasteiger partial charge in [0, 0.05) is 28.2 Å². The lowest BCUT2D eigenvalue weighted by Crippen LogP contribution is -2.24. The van der Waals surface area contributed by atoms with E-state index < -0.39 is 0 Å². The lowest BCUT2D eigenvalue weighted by Gasteiger charge is -2.21. The number of benzene rings is 2. The molecule has 0 spiro atoms. The van der Waals surface area contributed by atoms with Gasteiger partial charge in [-0.25, -0.2) is 9.67 Å². The molecule has 0 N–H and O–H groups in total. The van der Waals surface area contributed by atoms with Gasteiger partial charge in [0.25, 0.3) is 5.91 Å². The Hall–Kier alpha value is -3.62. The first-order chi connectivity index (χ1) is 16.6. The van der Waals surface area contributed by atoms with Gasteiger partial charge in [0.05, 0.1) is 16.3 Å². The molecule has 0 aliphatic carbocycles. The van der Waals surface area contributed by atoms with Crippen LogP contribution in [0.4, 0.5) is 0 Å². The number of hydrogen-bond donors (Lipinski definition) is 0. The van der Waals surface area contributed by atoms with Crippen LogP contribution in [0.15, 0.2) is 93.5 Å². The number of carbonyl (C=O) groups is 1. The number of amides is 1. The van der Waals surface area contributed by atoms with E-state index in [9.17, 15) is 4.79 Å². The van der Waals surface area contributed by atoms with Crippen LogP contribution in [0.25, 0.3) is 15.9 Å². The van der Waals surface area contributed by atoms with Crippen LogP contribution in [-0.4, -0.2) is 32.3 Å². The number of fused-ring (bicyclic) bond motifs is 3. The minimum absolute atomic E-state index is 0.306. The van der Waals surface area contributed by atoms with Crippen molar-refractivity contribution in [2.45, 2.75) is 13.5 Å². The van der Waals surface area contributed by atoms with Crippen molar-refractivity contribution < 1.29 is 4.79 Å². The molecular weight excluding hydrogens is 510 g/mol. The summed E-state index contributed by atoms with van der Waals surface area (Å²) in [6, 6.07) is 19.8. The van der Waals surface area contributed by atoms with E-state index in [1.165, 1.54) is 11.3 Å². The maximum Gasteiger partial charge on any atom is 0.289 e. The molecule has 166 valence electrons. The normalized spacial score (nSPS) is 16.2. The van der Waals surface area contributed by atoms with Gasteiger partial charge in [0.1, 0.15) is 10.7 Å². The maximum absolute atomic E-state index is 13.3. The van der Waals surface area contributed by atoms with Gasteiger partial charge in [-0.05, 0) is 58.8 Å². The molecule has 34 heavy (non-hydrogen) atoms. The second kappa shape index (κ2) is 8.30. The number of carbonyl (C=O) groups excluding carboxylic acids is 1. The van der Waals surface area contributed by atoms with E-state index in [4.69, 9.17) is 4.99 Å². The monoisotopic (exact) mass is 527 g/mol. The maximum atomic E-state index is 13.3. The summed E-state index contributed by atoms with van der Waals surface area (Å²) in [7, 11) is 0. The smallest absolute Gasteiger partial charge is 0.289 e. The summed E-state index contributed by atoms with van der Waals surface area (Å²) < 4.78 is 2.85. The van der Waals surface area contributed by atoms with Crippen molar-refractivity contribution in [3.8, 4) is 5.69 Å². The summed E-state index contributed by atoms with van der Waals surface area (Å²) in [6.45, 7) is 2.61. The quantitative estimate of drug-likeness (QED) is 0.321. The lowest BCUT2D eigenvalue weighted by atomic mass is 10.1. The number of nitrogens with zero attached hydrogens (tertiary/aromatic N) is 5. The molecule has 0 unspecified atom stereocenters. The fraction of sp³-hybridized carbons (Fsp3) is 0.0769. The van der Waals surface area contributed by atoms with Crippen molar-refractivity contribution in [3.05, 3.63) is 105 Å². The molecule has 0 saturated carbocycles. The molecule has 0 fully saturated rings. The highest BCUT2D eigenvalue weighted by atomic mass is 79.9.